The van der Waals surface area contributed by atoms with Gasteiger partial charge < -0.3 is 5.32 Å². The highest BCUT2D eigenvalue weighted by atomic mass is 14.8. The summed E-state index contributed by atoms with van der Waals surface area (Å²) >= 11 is 0. The minimum atomic E-state index is 1.07. The average Bonchev–Trinajstić information content (AvgIpc) is 3.28. The first-order chi connectivity index (χ1) is 30.0. The fraction of sp³-hybridized carbons (Fsp3) is 0.213. The second kappa shape index (κ2) is 23.0. The molecule has 0 bridgehead atoms. The van der Waals surface area contributed by atoms with Crippen LogP contribution < -0.4 is 5.32 Å². The lowest BCUT2D eigenvalue weighted by atomic mass is 9.82. The average molecular weight is 814 g/mol. The van der Waals surface area contributed by atoms with Gasteiger partial charge in [-0.1, -0.05) is 202 Å². The number of allylic oxidation sites excluding steroid dienone is 2. The lowest BCUT2D eigenvalue weighted by Gasteiger charge is -2.21. The van der Waals surface area contributed by atoms with Crippen LogP contribution in [0.15, 0.2) is 176 Å². The van der Waals surface area contributed by atoms with Crippen molar-refractivity contribution in [3.05, 3.63) is 227 Å². The van der Waals surface area contributed by atoms with E-state index in [2.05, 4.69) is 237 Å². The van der Waals surface area contributed by atoms with E-state index in [0.717, 1.165) is 18.4 Å². The van der Waals surface area contributed by atoms with Crippen LogP contribution in [0.3, 0.4) is 0 Å². The fourth-order valence-electron chi connectivity index (χ4n) is 8.14. The third kappa shape index (κ3) is 11.7. The molecule has 0 aliphatic heterocycles. The van der Waals surface area contributed by atoms with Crippen molar-refractivity contribution in [3.8, 4) is 22.3 Å². The first kappa shape index (κ1) is 46.6. The Hall–Kier alpha value is -6.44. The molecular formula is C61H67N. The smallest absolute Gasteiger partial charge is 0.0370 e. The van der Waals surface area contributed by atoms with E-state index in [4.69, 9.17) is 0 Å². The third-order valence-corrected chi connectivity index (χ3v) is 11.5. The summed E-state index contributed by atoms with van der Waals surface area (Å²) in [5.41, 5.74) is 19.7. The summed E-state index contributed by atoms with van der Waals surface area (Å²) in [6.45, 7) is 23.3. The molecule has 0 saturated carbocycles. The molecule has 0 radical (unpaired) electrons. The van der Waals surface area contributed by atoms with Crippen molar-refractivity contribution in [3.63, 3.8) is 0 Å². The first-order valence-electron chi connectivity index (χ1n) is 22.3. The van der Waals surface area contributed by atoms with E-state index >= 15 is 0 Å². The van der Waals surface area contributed by atoms with Crippen molar-refractivity contribution < 1.29 is 0 Å². The Morgan fingerprint density at radius 2 is 1.10 bits per heavy atom. The Kier molecular flexibility index (Phi) is 17.3. The molecule has 0 aliphatic rings. The van der Waals surface area contributed by atoms with Gasteiger partial charge in [0.25, 0.3) is 0 Å². The summed E-state index contributed by atoms with van der Waals surface area (Å²) in [6, 6.07) is 58.6. The Balaban J connectivity index is 0.000000193. The number of nitrogens with one attached hydrogen (secondary N) is 1. The summed E-state index contributed by atoms with van der Waals surface area (Å²) in [5.74, 6) is 0. The molecule has 0 atom stereocenters. The van der Waals surface area contributed by atoms with Gasteiger partial charge in [0.15, 0.2) is 0 Å². The normalized spacial score (nSPS) is 10.8. The second-order valence-electron chi connectivity index (χ2n) is 16.3. The van der Waals surface area contributed by atoms with Gasteiger partial charge in [0.2, 0.25) is 0 Å². The Bertz CT molecular complexity index is 2750. The molecule has 0 spiro atoms. The fourth-order valence-corrected chi connectivity index (χ4v) is 8.14. The maximum Gasteiger partial charge on any atom is 0.0370 e. The van der Waals surface area contributed by atoms with E-state index in [1.807, 2.05) is 14.0 Å². The van der Waals surface area contributed by atoms with E-state index in [1.54, 1.807) is 0 Å². The van der Waals surface area contributed by atoms with Crippen molar-refractivity contribution in [1.29, 1.82) is 0 Å². The standard InChI is InChI=1S/C30H26.C18H21N.C10H12.C3H8/c1-19-11-5-8-14-25(19)29-21(3)22(4)30(27-16-10-9-15-26(27)29)28-18-24-13-7-6-12-23(24)17-20(28)2;1-3-18(19-2)17-12-8-7-11-16(17)14-13-15-9-5-4-6-10-15;1-8(2)10-6-4-5-9(3)7-10;1-3-2/h5-18H,1-4H3;3-12,19H,13-14H2,1-2H3;4-7H,1H2,2-3H3;3H2,1-2H3/b;18-3-;;. The highest BCUT2D eigenvalue weighted by Crippen LogP contribution is 2.43. The second-order valence-corrected chi connectivity index (χ2v) is 16.3. The van der Waals surface area contributed by atoms with Gasteiger partial charge in [-0.05, 0) is 150 Å². The predicted molar refractivity (Wildman–Crippen MR) is 276 cm³/mol. The molecule has 0 aliphatic carbocycles. The summed E-state index contributed by atoms with van der Waals surface area (Å²) < 4.78 is 0. The van der Waals surface area contributed by atoms with Crippen LogP contribution in [-0.4, -0.2) is 7.05 Å². The summed E-state index contributed by atoms with van der Waals surface area (Å²) in [7, 11) is 1.98. The minimum absolute atomic E-state index is 1.07. The highest BCUT2D eigenvalue weighted by molar-refractivity contribution is 6.09. The number of aryl methyl sites for hydroxylation is 5. The van der Waals surface area contributed by atoms with Crippen LogP contribution in [0.5, 0.6) is 0 Å². The molecule has 316 valence electrons. The van der Waals surface area contributed by atoms with Gasteiger partial charge in [-0.25, -0.2) is 0 Å². The van der Waals surface area contributed by atoms with Crippen LogP contribution in [0.1, 0.15) is 84.2 Å². The highest BCUT2D eigenvalue weighted by Gasteiger charge is 2.19. The molecule has 1 heteroatoms. The molecule has 0 amide bonds. The van der Waals surface area contributed by atoms with Crippen molar-refractivity contribution in [2.75, 3.05) is 7.05 Å². The molecule has 0 fully saturated rings. The quantitative estimate of drug-likeness (QED) is 0.161. The predicted octanol–water partition coefficient (Wildman–Crippen LogP) is 17.1. The summed E-state index contributed by atoms with van der Waals surface area (Å²) in [4.78, 5) is 0. The molecular weight excluding hydrogens is 747 g/mol. The van der Waals surface area contributed by atoms with Crippen molar-refractivity contribution in [1.82, 2.24) is 5.32 Å². The maximum absolute atomic E-state index is 3.87. The zero-order valence-electron chi connectivity index (χ0n) is 39.0. The van der Waals surface area contributed by atoms with Crippen molar-refractivity contribution in [2.45, 2.75) is 81.6 Å². The monoisotopic (exact) mass is 814 g/mol. The van der Waals surface area contributed by atoms with Gasteiger partial charge in [0.1, 0.15) is 0 Å². The maximum atomic E-state index is 3.87. The zero-order chi connectivity index (χ0) is 44.6. The van der Waals surface area contributed by atoms with Gasteiger partial charge in [-0.3, -0.25) is 0 Å². The number of hydrogen-bond acceptors (Lipinski definition) is 1. The largest absolute Gasteiger partial charge is 0.388 e. The van der Waals surface area contributed by atoms with Crippen LogP contribution in [0.4, 0.5) is 0 Å². The van der Waals surface area contributed by atoms with Crippen LogP contribution in [0.2, 0.25) is 0 Å². The molecule has 0 unspecified atom stereocenters. The minimum Gasteiger partial charge on any atom is -0.388 e. The topological polar surface area (TPSA) is 12.0 Å². The molecule has 1 N–H and O–H groups in total. The van der Waals surface area contributed by atoms with Crippen molar-refractivity contribution >= 4 is 32.8 Å². The van der Waals surface area contributed by atoms with E-state index in [9.17, 15) is 0 Å². The van der Waals surface area contributed by atoms with Crippen LogP contribution >= 0.6 is 0 Å². The lowest BCUT2D eigenvalue weighted by molar-refractivity contribution is 0.950. The molecule has 0 heterocycles. The molecule has 0 saturated heterocycles. The van der Waals surface area contributed by atoms with Gasteiger partial charge >= 0.3 is 0 Å². The molecule has 62 heavy (non-hydrogen) atoms. The molecule has 1 nitrogen and oxygen atoms in total. The third-order valence-electron chi connectivity index (χ3n) is 11.5. The van der Waals surface area contributed by atoms with E-state index in [0.29, 0.717) is 0 Å². The van der Waals surface area contributed by atoms with Gasteiger partial charge in [0.05, 0.1) is 0 Å². The molecule has 8 aromatic rings. The van der Waals surface area contributed by atoms with Gasteiger partial charge in [0, 0.05) is 18.3 Å². The van der Waals surface area contributed by atoms with E-state index in [-0.39, 0.29) is 0 Å². The van der Waals surface area contributed by atoms with Crippen LogP contribution in [0, 0.1) is 34.6 Å². The molecule has 0 aromatic heterocycles. The molecule has 8 aromatic carbocycles. The Morgan fingerprint density at radius 1 is 0.548 bits per heavy atom. The van der Waals surface area contributed by atoms with Crippen LogP contribution in [-0.2, 0) is 12.8 Å². The van der Waals surface area contributed by atoms with E-state index in [1.165, 1.54) is 106 Å². The summed E-state index contributed by atoms with van der Waals surface area (Å²) in [6.07, 6.45) is 5.53. The first-order valence-corrected chi connectivity index (χ1v) is 22.3. The molecule has 8 rings (SSSR count). The number of hydrogen-bond donors (Lipinski definition) is 1. The summed E-state index contributed by atoms with van der Waals surface area (Å²) in [5, 5.41) is 8.52. The van der Waals surface area contributed by atoms with Crippen LogP contribution in [0.25, 0.3) is 55.1 Å². The SMILES string of the molecule is C/C=C(\NC)c1ccccc1CCc1ccccc1.C=C(C)c1cccc(C)c1.CCC.Cc1ccccc1-c1c(C)c(C)c(-c2cc3ccccc3cc2C)c2ccccc12. The number of fused-ring (bicyclic) bond motifs is 2. The van der Waals surface area contributed by atoms with Crippen molar-refractivity contribution in [2.24, 2.45) is 0 Å². The Labute approximate surface area is 373 Å². The van der Waals surface area contributed by atoms with Gasteiger partial charge in [-0.2, -0.15) is 0 Å². The number of rotatable bonds is 8. The Morgan fingerprint density at radius 3 is 1.68 bits per heavy atom. The van der Waals surface area contributed by atoms with Gasteiger partial charge in [-0.15, -0.1) is 0 Å². The lowest BCUT2D eigenvalue weighted by Crippen LogP contribution is -2.07. The number of benzene rings is 8. The van der Waals surface area contributed by atoms with E-state index < -0.39 is 0 Å². The zero-order valence-corrected chi connectivity index (χ0v) is 39.0.